The van der Waals surface area contributed by atoms with Crippen molar-refractivity contribution < 1.29 is 23.4 Å². The summed E-state index contributed by atoms with van der Waals surface area (Å²) >= 11 is 0. The van der Waals surface area contributed by atoms with Crippen LogP contribution in [0.25, 0.3) is 0 Å². The SMILES string of the molecule is O=C(O)CC(F)(F)C1COc2ccccc2C1. The van der Waals surface area contributed by atoms with E-state index in [9.17, 15) is 13.6 Å². The zero-order chi connectivity index (χ0) is 12.5. The number of hydrogen-bond acceptors (Lipinski definition) is 2. The molecule has 1 aliphatic rings. The number of rotatable bonds is 3. The summed E-state index contributed by atoms with van der Waals surface area (Å²) in [7, 11) is 0. The first-order valence-electron chi connectivity index (χ1n) is 5.29. The quantitative estimate of drug-likeness (QED) is 0.884. The van der Waals surface area contributed by atoms with Crippen molar-refractivity contribution >= 4 is 5.97 Å². The Balaban J connectivity index is 2.14. The van der Waals surface area contributed by atoms with E-state index in [1.807, 2.05) is 0 Å². The van der Waals surface area contributed by atoms with Crippen LogP contribution in [-0.4, -0.2) is 23.6 Å². The third-order valence-electron chi connectivity index (χ3n) is 2.86. The third-order valence-corrected chi connectivity index (χ3v) is 2.86. The largest absolute Gasteiger partial charge is 0.493 e. The van der Waals surface area contributed by atoms with Gasteiger partial charge in [-0.2, -0.15) is 0 Å². The smallest absolute Gasteiger partial charge is 0.309 e. The van der Waals surface area contributed by atoms with Gasteiger partial charge in [0.25, 0.3) is 5.92 Å². The average molecular weight is 242 g/mol. The second kappa shape index (κ2) is 4.31. The summed E-state index contributed by atoms with van der Waals surface area (Å²) < 4.78 is 32.4. The number of hydrogen-bond donors (Lipinski definition) is 1. The molecule has 0 fully saturated rings. The molecule has 17 heavy (non-hydrogen) atoms. The molecule has 3 nitrogen and oxygen atoms in total. The number of carbonyl (C=O) groups is 1. The lowest BCUT2D eigenvalue weighted by Gasteiger charge is -2.30. The summed E-state index contributed by atoms with van der Waals surface area (Å²) in [6, 6.07) is 6.97. The molecule has 0 aromatic heterocycles. The van der Waals surface area contributed by atoms with E-state index < -0.39 is 24.2 Å². The summed E-state index contributed by atoms with van der Waals surface area (Å²) in [5, 5.41) is 8.45. The Labute approximate surface area is 97.0 Å². The number of carboxylic acid groups (broad SMARTS) is 1. The minimum absolute atomic E-state index is 0.142. The standard InChI is InChI=1S/C12H12F2O3/c13-12(14,6-11(15)16)9-5-8-3-1-2-4-10(8)17-7-9/h1-4,9H,5-7H2,(H,15,16). The predicted octanol–water partition coefficient (Wildman–Crippen LogP) is 2.35. The molecule has 1 aliphatic heterocycles. The Kier molecular flexibility index (Phi) is 3.00. The van der Waals surface area contributed by atoms with Crippen molar-refractivity contribution in [3.63, 3.8) is 0 Å². The molecular weight excluding hydrogens is 230 g/mol. The predicted molar refractivity (Wildman–Crippen MR) is 56.3 cm³/mol. The van der Waals surface area contributed by atoms with Crippen LogP contribution in [0.5, 0.6) is 5.75 Å². The molecule has 0 saturated heterocycles. The van der Waals surface area contributed by atoms with E-state index in [4.69, 9.17) is 9.84 Å². The fourth-order valence-electron chi connectivity index (χ4n) is 1.95. The summed E-state index contributed by atoms with van der Waals surface area (Å²) in [6.45, 7) is -0.142. The Bertz CT molecular complexity index is 432. The Morgan fingerprint density at radius 3 is 2.88 bits per heavy atom. The van der Waals surface area contributed by atoms with Gasteiger partial charge in [-0.25, -0.2) is 8.78 Å². The second-order valence-corrected chi connectivity index (χ2v) is 4.15. The minimum atomic E-state index is -3.24. The zero-order valence-corrected chi connectivity index (χ0v) is 9.03. The van der Waals surface area contributed by atoms with Crippen molar-refractivity contribution in [2.45, 2.75) is 18.8 Å². The molecule has 1 heterocycles. The Morgan fingerprint density at radius 1 is 1.47 bits per heavy atom. The van der Waals surface area contributed by atoms with E-state index >= 15 is 0 Å². The van der Waals surface area contributed by atoms with Crippen LogP contribution in [-0.2, 0) is 11.2 Å². The van der Waals surface area contributed by atoms with E-state index in [-0.39, 0.29) is 13.0 Å². The summed E-state index contributed by atoms with van der Waals surface area (Å²) in [6.07, 6.45) is -1.00. The monoisotopic (exact) mass is 242 g/mol. The molecular formula is C12H12F2O3. The number of ether oxygens (including phenoxy) is 1. The molecule has 0 bridgehead atoms. The van der Waals surface area contributed by atoms with Gasteiger partial charge >= 0.3 is 5.97 Å². The molecule has 1 N–H and O–H groups in total. The van der Waals surface area contributed by atoms with Crippen molar-refractivity contribution in [2.24, 2.45) is 5.92 Å². The van der Waals surface area contributed by atoms with Crippen molar-refractivity contribution in [3.8, 4) is 5.75 Å². The van der Waals surface area contributed by atoms with E-state index in [1.165, 1.54) is 0 Å². The van der Waals surface area contributed by atoms with Gasteiger partial charge in [-0.1, -0.05) is 18.2 Å². The van der Waals surface area contributed by atoms with Crippen LogP contribution >= 0.6 is 0 Å². The van der Waals surface area contributed by atoms with Crippen molar-refractivity contribution in [1.29, 1.82) is 0 Å². The topological polar surface area (TPSA) is 46.5 Å². The highest BCUT2D eigenvalue weighted by Crippen LogP contribution is 2.36. The molecule has 0 radical (unpaired) electrons. The molecule has 1 aromatic rings. The number of fused-ring (bicyclic) bond motifs is 1. The van der Waals surface area contributed by atoms with Crippen LogP contribution in [0.3, 0.4) is 0 Å². The van der Waals surface area contributed by atoms with Crippen LogP contribution in [0.1, 0.15) is 12.0 Å². The van der Waals surface area contributed by atoms with Crippen molar-refractivity contribution in [2.75, 3.05) is 6.61 Å². The maximum Gasteiger partial charge on any atom is 0.309 e. The fraction of sp³-hybridized carbons (Fsp3) is 0.417. The van der Waals surface area contributed by atoms with E-state index in [2.05, 4.69) is 0 Å². The lowest BCUT2D eigenvalue weighted by atomic mass is 9.90. The van der Waals surface area contributed by atoms with Crippen LogP contribution in [0.4, 0.5) is 8.78 Å². The molecule has 2 rings (SSSR count). The first-order valence-corrected chi connectivity index (χ1v) is 5.29. The van der Waals surface area contributed by atoms with E-state index in [0.717, 1.165) is 0 Å². The van der Waals surface area contributed by atoms with Gasteiger partial charge in [-0.05, 0) is 18.1 Å². The first-order chi connectivity index (χ1) is 7.99. The second-order valence-electron chi connectivity index (χ2n) is 4.15. The first kappa shape index (κ1) is 11.8. The average Bonchev–Trinajstić information content (AvgIpc) is 2.26. The highest BCUT2D eigenvalue weighted by atomic mass is 19.3. The normalized spacial score (nSPS) is 19.3. The highest BCUT2D eigenvalue weighted by Gasteiger charge is 2.43. The molecule has 1 atom stereocenters. The van der Waals surface area contributed by atoms with Gasteiger partial charge < -0.3 is 9.84 Å². The maximum atomic E-state index is 13.6. The Morgan fingerprint density at radius 2 is 2.18 bits per heavy atom. The minimum Gasteiger partial charge on any atom is -0.493 e. The summed E-state index contributed by atoms with van der Waals surface area (Å²) in [5.41, 5.74) is 0.703. The zero-order valence-electron chi connectivity index (χ0n) is 9.03. The Hall–Kier alpha value is -1.65. The van der Waals surface area contributed by atoms with Gasteiger partial charge in [-0.15, -0.1) is 0 Å². The number of alkyl halides is 2. The van der Waals surface area contributed by atoms with Crippen LogP contribution in [0.15, 0.2) is 24.3 Å². The molecule has 92 valence electrons. The van der Waals surface area contributed by atoms with E-state index in [0.29, 0.717) is 11.3 Å². The number of benzene rings is 1. The highest BCUT2D eigenvalue weighted by molar-refractivity contribution is 5.67. The number of para-hydroxylation sites is 1. The molecule has 1 aromatic carbocycles. The molecule has 0 amide bonds. The van der Waals surface area contributed by atoms with Crippen molar-refractivity contribution in [3.05, 3.63) is 29.8 Å². The number of halogens is 2. The van der Waals surface area contributed by atoms with Gasteiger partial charge in [0.05, 0.1) is 12.5 Å². The van der Waals surface area contributed by atoms with Gasteiger partial charge in [0.15, 0.2) is 0 Å². The van der Waals surface area contributed by atoms with Crippen LogP contribution in [0, 0.1) is 5.92 Å². The van der Waals surface area contributed by atoms with Gasteiger partial charge in [0, 0.05) is 0 Å². The maximum absolute atomic E-state index is 13.6. The molecule has 0 saturated carbocycles. The lowest BCUT2D eigenvalue weighted by Crippen LogP contribution is -2.38. The fourth-order valence-corrected chi connectivity index (χ4v) is 1.95. The van der Waals surface area contributed by atoms with Gasteiger partial charge in [-0.3, -0.25) is 4.79 Å². The van der Waals surface area contributed by atoms with Crippen LogP contribution < -0.4 is 4.74 Å². The van der Waals surface area contributed by atoms with E-state index in [1.54, 1.807) is 24.3 Å². The number of aliphatic carboxylic acids is 1. The van der Waals surface area contributed by atoms with Gasteiger partial charge in [0.2, 0.25) is 0 Å². The van der Waals surface area contributed by atoms with Gasteiger partial charge in [0.1, 0.15) is 12.2 Å². The number of carboxylic acids is 1. The third kappa shape index (κ3) is 2.54. The molecule has 5 heteroatoms. The van der Waals surface area contributed by atoms with Crippen molar-refractivity contribution in [1.82, 2.24) is 0 Å². The summed E-state index contributed by atoms with van der Waals surface area (Å²) in [5.74, 6) is -5.20. The summed E-state index contributed by atoms with van der Waals surface area (Å²) in [4.78, 5) is 10.4. The lowest BCUT2D eigenvalue weighted by molar-refractivity contribution is -0.151. The van der Waals surface area contributed by atoms with Crippen LogP contribution in [0.2, 0.25) is 0 Å². The molecule has 0 spiro atoms. The molecule has 0 aliphatic carbocycles. The molecule has 1 unspecified atom stereocenters.